The molecule has 1 aliphatic heterocycles. The lowest BCUT2D eigenvalue weighted by molar-refractivity contribution is 0.0576. The molecule has 0 aromatic heterocycles. The average Bonchev–Trinajstić information content (AvgIpc) is 2.39. The van der Waals surface area contributed by atoms with Crippen molar-refractivity contribution in [1.82, 2.24) is 0 Å². The van der Waals surface area contributed by atoms with Crippen LogP contribution in [0.1, 0.15) is 23.2 Å². The topological polar surface area (TPSA) is 49.8 Å². The predicted molar refractivity (Wildman–Crippen MR) is 75.2 cm³/mol. The molecule has 0 amide bonds. The van der Waals surface area contributed by atoms with E-state index in [2.05, 4.69) is 4.90 Å². The molecular weight excluding hydrogens is 266 g/mol. The fourth-order valence-electron chi connectivity index (χ4n) is 2.39. The molecule has 1 heterocycles. The van der Waals surface area contributed by atoms with Gasteiger partial charge in [-0.3, -0.25) is 0 Å². The van der Waals surface area contributed by atoms with Crippen molar-refractivity contribution in [3.05, 3.63) is 28.8 Å². The van der Waals surface area contributed by atoms with E-state index in [-0.39, 0.29) is 5.56 Å². The lowest BCUT2D eigenvalue weighted by Gasteiger charge is -2.29. The Morgan fingerprint density at radius 1 is 1.58 bits per heavy atom. The van der Waals surface area contributed by atoms with Crippen molar-refractivity contribution in [1.29, 1.82) is 0 Å². The molecule has 0 aliphatic carbocycles. The Bertz CT molecular complexity index is 458. The molecule has 1 unspecified atom stereocenters. The third kappa shape index (κ3) is 3.61. The number of carboxylic acid groups (broad SMARTS) is 1. The van der Waals surface area contributed by atoms with Crippen LogP contribution < -0.4 is 4.90 Å². The molecule has 1 N–H and O–H groups in total. The van der Waals surface area contributed by atoms with Crippen molar-refractivity contribution in [2.24, 2.45) is 5.92 Å². The fraction of sp³-hybridized carbons (Fsp3) is 0.500. The highest BCUT2D eigenvalue weighted by molar-refractivity contribution is 6.33. The highest BCUT2D eigenvalue weighted by Crippen LogP contribution is 2.27. The van der Waals surface area contributed by atoms with Crippen molar-refractivity contribution < 1.29 is 14.6 Å². The van der Waals surface area contributed by atoms with Crippen LogP contribution >= 0.6 is 11.6 Å². The molecule has 1 fully saturated rings. The Labute approximate surface area is 117 Å². The van der Waals surface area contributed by atoms with Gasteiger partial charge < -0.3 is 14.7 Å². The lowest BCUT2D eigenvalue weighted by Crippen LogP contribution is -2.31. The number of nitrogens with zero attached hydrogens (tertiary/aromatic N) is 1. The van der Waals surface area contributed by atoms with Crippen molar-refractivity contribution in [2.45, 2.75) is 12.8 Å². The van der Waals surface area contributed by atoms with Gasteiger partial charge in [-0.15, -0.1) is 0 Å². The van der Waals surface area contributed by atoms with E-state index in [1.807, 2.05) is 7.05 Å². The molecule has 19 heavy (non-hydrogen) atoms. The molecule has 1 aliphatic rings. The number of carbonyl (C=O) groups is 1. The van der Waals surface area contributed by atoms with Crippen molar-refractivity contribution in [2.75, 3.05) is 31.7 Å². The number of hydrogen-bond donors (Lipinski definition) is 1. The van der Waals surface area contributed by atoms with Gasteiger partial charge in [0.1, 0.15) is 0 Å². The molecule has 1 saturated heterocycles. The van der Waals surface area contributed by atoms with Gasteiger partial charge in [-0.05, 0) is 37.0 Å². The fourth-order valence-corrected chi connectivity index (χ4v) is 2.71. The smallest absolute Gasteiger partial charge is 0.335 e. The van der Waals surface area contributed by atoms with E-state index in [1.54, 1.807) is 12.1 Å². The van der Waals surface area contributed by atoms with Crippen molar-refractivity contribution in [3.63, 3.8) is 0 Å². The Balaban J connectivity index is 2.05. The summed E-state index contributed by atoms with van der Waals surface area (Å²) < 4.78 is 5.46. The van der Waals surface area contributed by atoms with Gasteiger partial charge in [0, 0.05) is 20.2 Å². The van der Waals surface area contributed by atoms with E-state index in [1.165, 1.54) is 6.07 Å². The first-order valence-electron chi connectivity index (χ1n) is 6.39. The van der Waals surface area contributed by atoms with Crippen LogP contribution in [0, 0.1) is 5.92 Å². The summed E-state index contributed by atoms with van der Waals surface area (Å²) in [5.41, 5.74) is 1.07. The number of aromatic carboxylic acids is 1. The zero-order chi connectivity index (χ0) is 13.8. The highest BCUT2D eigenvalue weighted by atomic mass is 35.5. The van der Waals surface area contributed by atoms with E-state index in [4.69, 9.17) is 21.4 Å². The summed E-state index contributed by atoms with van der Waals surface area (Å²) in [6, 6.07) is 4.83. The van der Waals surface area contributed by atoms with Crippen molar-refractivity contribution in [3.8, 4) is 0 Å². The Morgan fingerprint density at radius 3 is 2.95 bits per heavy atom. The number of rotatable bonds is 4. The zero-order valence-electron chi connectivity index (χ0n) is 10.9. The molecule has 5 heteroatoms. The first-order chi connectivity index (χ1) is 9.08. The number of ether oxygens (including phenoxy) is 1. The zero-order valence-corrected chi connectivity index (χ0v) is 11.7. The number of carboxylic acids is 1. The van der Waals surface area contributed by atoms with E-state index in [0.29, 0.717) is 10.9 Å². The Morgan fingerprint density at radius 2 is 2.37 bits per heavy atom. The van der Waals surface area contributed by atoms with Crippen LogP contribution in [0.3, 0.4) is 0 Å². The maximum Gasteiger partial charge on any atom is 0.335 e. The molecule has 1 aromatic rings. The molecule has 0 spiro atoms. The minimum absolute atomic E-state index is 0.211. The first-order valence-corrected chi connectivity index (χ1v) is 6.77. The molecule has 0 radical (unpaired) electrons. The number of anilines is 1. The van der Waals surface area contributed by atoms with E-state index in [9.17, 15) is 4.79 Å². The van der Waals surface area contributed by atoms with Crippen molar-refractivity contribution >= 4 is 23.3 Å². The van der Waals surface area contributed by atoms with Crippen LogP contribution in [0.5, 0.6) is 0 Å². The second-order valence-corrected chi connectivity index (χ2v) is 5.34. The average molecular weight is 284 g/mol. The highest BCUT2D eigenvalue weighted by Gasteiger charge is 2.17. The van der Waals surface area contributed by atoms with Gasteiger partial charge in [-0.25, -0.2) is 4.79 Å². The summed E-state index contributed by atoms with van der Waals surface area (Å²) in [7, 11) is 1.97. The van der Waals surface area contributed by atoms with Gasteiger partial charge in [-0.1, -0.05) is 11.6 Å². The molecule has 2 rings (SSSR count). The summed E-state index contributed by atoms with van der Waals surface area (Å²) in [5.74, 6) is -0.453. The molecule has 0 bridgehead atoms. The lowest BCUT2D eigenvalue weighted by atomic mass is 10.0. The number of halogens is 1. The third-order valence-corrected chi connectivity index (χ3v) is 3.70. The molecule has 0 saturated carbocycles. The van der Waals surface area contributed by atoms with Gasteiger partial charge in [0.05, 0.1) is 22.9 Å². The van der Waals surface area contributed by atoms with Crippen LogP contribution in [0.15, 0.2) is 18.2 Å². The normalized spacial score (nSPS) is 19.2. The third-order valence-electron chi connectivity index (χ3n) is 3.39. The Kier molecular flexibility index (Phi) is 4.66. The first kappa shape index (κ1) is 14.2. The van der Waals surface area contributed by atoms with Crippen LogP contribution in [0.25, 0.3) is 0 Å². The summed E-state index contributed by atoms with van der Waals surface area (Å²) >= 11 is 6.15. The van der Waals surface area contributed by atoms with E-state index < -0.39 is 5.97 Å². The van der Waals surface area contributed by atoms with Gasteiger partial charge in [0.25, 0.3) is 0 Å². The summed E-state index contributed by atoms with van der Waals surface area (Å²) in [6.45, 7) is 2.51. The standard InChI is InChI=1S/C14H18ClNO3/c1-16(8-10-3-2-6-19-9-10)13-5-4-11(14(17)18)7-12(13)15/h4-5,7,10H,2-3,6,8-9H2,1H3,(H,17,18). The number of benzene rings is 1. The molecule has 104 valence electrons. The summed E-state index contributed by atoms with van der Waals surface area (Å²) in [4.78, 5) is 12.9. The second kappa shape index (κ2) is 6.26. The van der Waals surface area contributed by atoms with Crippen LogP contribution in [-0.4, -0.2) is 37.9 Å². The van der Waals surface area contributed by atoms with Crippen LogP contribution in [0.2, 0.25) is 5.02 Å². The molecule has 1 atom stereocenters. The summed E-state index contributed by atoms with van der Waals surface area (Å²) in [6.07, 6.45) is 2.26. The van der Waals surface area contributed by atoms with Crippen LogP contribution in [0.4, 0.5) is 5.69 Å². The summed E-state index contributed by atoms with van der Waals surface area (Å²) in [5, 5.41) is 9.38. The minimum Gasteiger partial charge on any atom is -0.478 e. The van der Waals surface area contributed by atoms with E-state index in [0.717, 1.165) is 38.3 Å². The molecule has 1 aromatic carbocycles. The second-order valence-electron chi connectivity index (χ2n) is 4.94. The van der Waals surface area contributed by atoms with Gasteiger partial charge >= 0.3 is 5.97 Å². The monoisotopic (exact) mass is 283 g/mol. The van der Waals surface area contributed by atoms with Gasteiger partial charge in [0.15, 0.2) is 0 Å². The van der Waals surface area contributed by atoms with Gasteiger partial charge in [0.2, 0.25) is 0 Å². The molecule has 4 nitrogen and oxygen atoms in total. The molecular formula is C14H18ClNO3. The maximum absolute atomic E-state index is 10.9. The SMILES string of the molecule is CN(CC1CCCOC1)c1ccc(C(=O)O)cc1Cl. The number of hydrogen-bond acceptors (Lipinski definition) is 3. The minimum atomic E-state index is -0.961. The Hall–Kier alpha value is -1.26. The quantitative estimate of drug-likeness (QED) is 0.923. The van der Waals surface area contributed by atoms with E-state index >= 15 is 0 Å². The predicted octanol–water partition coefficient (Wildman–Crippen LogP) is 2.90. The maximum atomic E-state index is 10.9. The van der Waals surface area contributed by atoms with Crippen LogP contribution in [-0.2, 0) is 4.74 Å². The largest absolute Gasteiger partial charge is 0.478 e. The van der Waals surface area contributed by atoms with Gasteiger partial charge in [-0.2, -0.15) is 0 Å².